The molecule has 2 fully saturated rings. The third-order valence-electron chi connectivity index (χ3n) is 5.43. The van der Waals surface area contributed by atoms with Gasteiger partial charge in [0.25, 0.3) is 0 Å². The summed E-state index contributed by atoms with van der Waals surface area (Å²) in [4.78, 5) is 20.8. The minimum absolute atomic E-state index is 0.113. The Kier molecular flexibility index (Phi) is 5.19. The van der Waals surface area contributed by atoms with Gasteiger partial charge in [-0.15, -0.1) is 0 Å². The molecule has 8 nitrogen and oxygen atoms in total. The molecule has 150 valence electrons. The molecule has 8 heteroatoms. The first-order chi connectivity index (χ1) is 14.4. The van der Waals surface area contributed by atoms with E-state index in [9.17, 15) is 0 Å². The van der Waals surface area contributed by atoms with Gasteiger partial charge in [0.1, 0.15) is 11.3 Å². The number of anilines is 2. The number of pyridine rings is 2. The third-order valence-corrected chi connectivity index (χ3v) is 5.43. The Morgan fingerprint density at radius 1 is 1.14 bits per heavy atom. The lowest BCUT2D eigenvalue weighted by molar-refractivity contribution is 0.0372. The smallest absolute Gasteiger partial charge is 0.154 e. The molecule has 2 N–H and O–H groups in total. The van der Waals surface area contributed by atoms with Gasteiger partial charge in [-0.25, -0.2) is 15.0 Å². The topological polar surface area (TPSA) is 88.1 Å². The lowest BCUT2D eigenvalue weighted by Crippen LogP contribution is -2.42. The van der Waals surface area contributed by atoms with Crippen molar-refractivity contribution < 1.29 is 4.74 Å². The lowest BCUT2D eigenvalue weighted by atomic mass is 10.1. The Morgan fingerprint density at radius 3 is 2.83 bits per heavy atom. The number of hydrogen-bond donors (Lipinski definition) is 2. The summed E-state index contributed by atoms with van der Waals surface area (Å²) in [7, 11) is 0. The summed E-state index contributed by atoms with van der Waals surface area (Å²) >= 11 is 0. The van der Waals surface area contributed by atoms with Gasteiger partial charge in [-0.1, -0.05) is 0 Å². The van der Waals surface area contributed by atoms with Gasteiger partial charge in [-0.3, -0.25) is 4.98 Å². The fourth-order valence-electron chi connectivity index (χ4n) is 3.88. The molecule has 2 aliphatic rings. The van der Waals surface area contributed by atoms with Crippen molar-refractivity contribution in [3.8, 4) is 11.3 Å². The van der Waals surface area contributed by atoms with Gasteiger partial charge in [0, 0.05) is 56.9 Å². The van der Waals surface area contributed by atoms with Crippen molar-refractivity contribution in [2.24, 2.45) is 0 Å². The molecule has 3 aromatic heterocycles. The van der Waals surface area contributed by atoms with Crippen LogP contribution in [0.5, 0.6) is 0 Å². The van der Waals surface area contributed by atoms with E-state index < -0.39 is 0 Å². The van der Waals surface area contributed by atoms with Gasteiger partial charge in [0.15, 0.2) is 5.82 Å². The summed E-state index contributed by atoms with van der Waals surface area (Å²) in [6.45, 7) is 5.30. The molecule has 0 radical (unpaired) electrons. The molecular weight excluding hydrogens is 366 g/mol. The average Bonchev–Trinajstić information content (AvgIpc) is 3.33. The molecule has 5 heterocycles. The van der Waals surface area contributed by atoms with Crippen molar-refractivity contribution in [3.05, 3.63) is 36.8 Å². The molecule has 29 heavy (non-hydrogen) atoms. The van der Waals surface area contributed by atoms with Crippen molar-refractivity contribution in [3.63, 3.8) is 0 Å². The quantitative estimate of drug-likeness (QED) is 0.684. The Morgan fingerprint density at radius 2 is 2.03 bits per heavy atom. The number of aromatic nitrogens is 4. The van der Waals surface area contributed by atoms with Crippen LogP contribution in [0.15, 0.2) is 36.8 Å². The number of hydrogen-bond acceptors (Lipinski definition) is 8. The summed E-state index contributed by atoms with van der Waals surface area (Å²) < 4.78 is 5.79. The van der Waals surface area contributed by atoms with Crippen molar-refractivity contribution in [2.75, 3.05) is 49.5 Å². The van der Waals surface area contributed by atoms with Gasteiger partial charge < -0.3 is 20.3 Å². The van der Waals surface area contributed by atoms with E-state index in [-0.39, 0.29) is 6.10 Å². The van der Waals surface area contributed by atoms with Gasteiger partial charge in [-0.2, -0.15) is 0 Å². The first-order valence-electron chi connectivity index (χ1n) is 10.3. The number of ether oxygens (including phenoxy) is 1. The monoisotopic (exact) mass is 391 g/mol. The first kappa shape index (κ1) is 18.2. The molecule has 0 bridgehead atoms. The fourth-order valence-corrected chi connectivity index (χ4v) is 3.88. The number of nitrogens with zero attached hydrogens (tertiary/aromatic N) is 5. The maximum absolute atomic E-state index is 5.79. The predicted molar refractivity (Wildman–Crippen MR) is 113 cm³/mol. The standard InChI is InChI=1S/C21H25N7O/c1-2-9-28(8-1)19-4-3-15(12-25-19)17-11-18-20(24-6-5-23-18)21(27-17)26-14-16-13-22-7-10-29-16/h3-6,11-12,16,22H,1-2,7-10,13-14H2,(H,26,27)/t16-/m1/s1. The van der Waals surface area contributed by atoms with Crippen molar-refractivity contribution in [1.82, 2.24) is 25.3 Å². The molecule has 5 rings (SSSR count). The second-order valence-corrected chi connectivity index (χ2v) is 7.46. The lowest BCUT2D eigenvalue weighted by Gasteiger charge is -2.24. The average molecular weight is 391 g/mol. The van der Waals surface area contributed by atoms with E-state index in [1.54, 1.807) is 12.4 Å². The summed E-state index contributed by atoms with van der Waals surface area (Å²) in [6, 6.07) is 6.14. The zero-order valence-corrected chi connectivity index (χ0v) is 16.3. The fraction of sp³-hybridized carbons (Fsp3) is 0.429. The normalized spacial score (nSPS) is 19.6. The van der Waals surface area contributed by atoms with E-state index in [1.807, 2.05) is 12.3 Å². The summed E-state index contributed by atoms with van der Waals surface area (Å²) in [6.07, 6.45) is 7.89. The van der Waals surface area contributed by atoms with Crippen LogP contribution < -0.4 is 15.5 Å². The minimum atomic E-state index is 0.113. The SMILES string of the molecule is c1cnc2c(NC[C@H]3CNCCO3)nc(-c3ccc(N4CCCC4)nc3)cc2n1. The van der Waals surface area contributed by atoms with Crippen molar-refractivity contribution in [1.29, 1.82) is 0 Å². The van der Waals surface area contributed by atoms with Gasteiger partial charge in [-0.05, 0) is 31.0 Å². The predicted octanol–water partition coefficient (Wildman–Crippen LogP) is 2.09. The molecule has 1 atom stereocenters. The Labute approximate surface area is 169 Å². The van der Waals surface area contributed by atoms with Crippen LogP contribution in [0.3, 0.4) is 0 Å². The summed E-state index contributed by atoms with van der Waals surface area (Å²) in [5.41, 5.74) is 3.38. The first-order valence-corrected chi connectivity index (χ1v) is 10.3. The molecule has 3 aromatic rings. The van der Waals surface area contributed by atoms with Crippen molar-refractivity contribution in [2.45, 2.75) is 18.9 Å². The van der Waals surface area contributed by atoms with Crippen LogP contribution in [0.4, 0.5) is 11.6 Å². The van der Waals surface area contributed by atoms with E-state index in [2.05, 4.69) is 42.6 Å². The number of nitrogens with one attached hydrogen (secondary N) is 2. The molecular formula is C21H25N7O. The highest BCUT2D eigenvalue weighted by Crippen LogP contribution is 2.27. The molecule has 2 aliphatic heterocycles. The second kappa shape index (κ2) is 8.26. The van der Waals surface area contributed by atoms with Gasteiger partial charge >= 0.3 is 0 Å². The Hall–Kier alpha value is -2.84. The Bertz CT molecular complexity index is 966. The molecule has 0 spiro atoms. The number of morpholine rings is 1. The molecule has 0 unspecified atom stereocenters. The maximum Gasteiger partial charge on any atom is 0.154 e. The van der Waals surface area contributed by atoms with Crippen LogP contribution in [-0.2, 0) is 4.74 Å². The van der Waals surface area contributed by atoms with E-state index >= 15 is 0 Å². The molecule has 0 aliphatic carbocycles. The zero-order valence-electron chi connectivity index (χ0n) is 16.3. The summed E-state index contributed by atoms with van der Waals surface area (Å²) in [5.74, 6) is 1.76. The van der Waals surface area contributed by atoms with Gasteiger partial charge in [0.05, 0.1) is 23.9 Å². The largest absolute Gasteiger partial charge is 0.374 e. The molecule has 0 amide bonds. The van der Waals surface area contributed by atoms with Crippen LogP contribution in [0.2, 0.25) is 0 Å². The van der Waals surface area contributed by atoms with Gasteiger partial charge in [0.2, 0.25) is 0 Å². The Balaban J connectivity index is 1.42. The van der Waals surface area contributed by atoms with E-state index in [0.717, 1.165) is 66.7 Å². The minimum Gasteiger partial charge on any atom is -0.374 e. The van der Waals surface area contributed by atoms with E-state index in [4.69, 9.17) is 9.72 Å². The summed E-state index contributed by atoms with van der Waals surface area (Å²) in [5, 5.41) is 6.76. The van der Waals surface area contributed by atoms with E-state index in [1.165, 1.54) is 12.8 Å². The molecule has 0 saturated carbocycles. The van der Waals surface area contributed by atoms with Crippen LogP contribution in [-0.4, -0.2) is 65.4 Å². The van der Waals surface area contributed by atoms with Crippen LogP contribution in [0, 0.1) is 0 Å². The highest BCUT2D eigenvalue weighted by Gasteiger charge is 2.17. The molecule has 0 aromatic carbocycles. The third kappa shape index (κ3) is 3.99. The van der Waals surface area contributed by atoms with Crippen LogP contribution in [0.25, 0.3) is 22.3 Å². The van der Waals surface area contributed by atoms with Crippen LogP contribution in [0.1, 0.15) is 12.8 Å². The maximum atomic E-state index is 5.79. The highest BCUT2D eigenvalue weighted by molar-refractivity contribution is 5.88. The number of fused-ring (bicyclic) bond motifs is 1. The highest BCUT2D eigenvalue weighted by atomic mass is 16.5. The van der Waals surface area contributed by atoms with E-state index in [0.29, 0.717) is 6.54 Å². The zero-order chi connectivity index (χ0) is 19.5. The van der Waals surface area contributed by atoms with Crippen molar-refractivity contribution >= 4 is 22.7 Å². The second-order valence-electron chi connectivity index (χ2n) is 7.46. The number of rotatable bonds is 5. The molecule has 2 saturated heterocycles. The van der Waals surface area contributed by atoms with Crippen LogP contribution >= 0.6 is 0 Å².